The molecule has 0 fully saturated rings. The Hall–Kier alpha value is -1.01. The smallest absolute Gasteiger partial charge is 0.307 e. The normalized spacial score (nSPS) is 11.8. The van der Waals surface area contributed by atoms with Crippen molar-refractivity contribution in [1.29, 1.82) is 0 Å². The van der Waals surface area contributed by atoms with E-state index in [1.165, 1.54) is 7.11 Å². The molecule has 1 unspecified atom stereocenters. The Bertz CT molecular complexity index is 169. The Morgan fingerprint density at radius 2 is 2.33 bits per heavy atom. The van der Waals surface area contributed by atoms with Crippen LogP contribution in [0.5, 0.6) is 0 Å². The summed E-state index contributed by atoms with van der Waals surface area (Å²) in [5.41, 5.74) is 0. The minimum Gasteiger partial charge on any atom is -0.469 e. The molecule has 0 aliphatic rings. The first-order chi connectivity index (χ1) is 5.74. The van der Waals surface area contributed by atoms with Gasteiger partial charge in [-0.3, -0.25) is 4.79 Å². The van der Waals surface area contributed by atoms with E-state index in [-0.39, 0.29) is 25.1 Å². The van der Waals surface area contributed by atoms with Gasteiger partial charge >= 0.3 is 5.97 Å². The molecule has 3 nitrogen and oxygen atoms in total. The highest BCUT2D eigenvalue weighted by molar-refractivity contribution is 5.69. The van der Waals surface area contributed by atoms with E-state index >= 15 is 0 Å². The maximum Gasteiger partial charge on any atom is 0.307 e. The zero-order chi connectivity index (χ0) is 9.40. The van der Waals surface area contributed by atoms with Crippen molar-refractivity contribution in [2.24, 2.45) is 0 Å². The number of hydrogen-bond donors (Lipinski definition) is 0. The largest absolute Gasteiger partial charge is 0.469 e. The third-order valence-electron chi connectivity index (χ3n) is 1.38. The minimum atomic E-state index is -0.297. The topological polar surface area (TPSA) is 35.5 Å². The van der Waals surface area contributed by atoms with E-state index in [2.05, 4.69) is 10.7 Å². The van der Waals surface area contributed by atoms with E-state index in [0.29, 0.717) is 6.42 Å². The van der Waals surface area contributed by atoms with Gasteiger partial charge in [0, 0.05) is 0 Å². The van der Waals surface area contributed by atoms with Crippen LogP contribution in [-0.4, -0.2) is 25.8 Å². The van der Waals surface area contributed by atoms with E-state index in [9.17, 15) is 4.79 Å². The van der Waals surface area contributed by atoms with Crippen molar-refractivity contribution < 1.29 is 14.3 Å². The molecule has 1 radical (unpaired) electrons. The molecule has 67 valence electrons. The van der Waals surface area contributed by atoms with Crippen molar-refractivity contribution in [2.75, 3.05) is 13.7 Å². The standard InChI is InChI=1S/C9H13O3/c1-4-8(5-2)12-7-6-9(10)11-3/h8H,4,6-7H2,1,3H3. The molecule has 3 heteroatoms. The Balaban J connectivity index is 3.43. The lowest BCUT2D eigenvalue weighted by Gasteiger charge is -2.07. The number of carbonyl (C=O) groups excluding carboxylic acids is 1. The Morgan fingerprint density at radius 1 is 1.67 bits per heavy atom. The van der Waals surface area contributed by atoms with E-state index in [4.69, 9.17) is 11.2 Å². The number of carbonyl (C=O) groups is 1. The zero-order valence-electron chi connectivity index (χ0n) is 7.42. The van der Waals surface area contributed by atoms with Gasteiger partial charge in [-0.15, -0.1) is 0 Å². The first kappa shape index (κ1) is 11.0. The second kappa shape index (κ2) is 6.68. The quantitative estimate of drug-likeness (QED) is 0.453. The SMILES string of the molecule is [C]#CC(CC)OCCC(=O)OC. The maximum absolute atomic E-state index is 10.6. The van der Waals surface area contributed by atoms with Crippen molar-refractivity contribution in [2.45, 2.75) is 25.9 Å². The lowest BCUT2D eigenvalue weighted by atomic mass is 10.3. The van der Waals surface area contributed by atoms with Crippen molar-refractivity contribution in [1.82, 2.24) is 0 Å². The fraction of sp³-hybridized carbons (Fsp3) is 0.667. The highest BCUT2D eigenvalue weighted by Crippen LogP contribution is 1.97. The molecule has 0 aromatic rings. The van der Waals surface area contributed by atoms with Gasteiger partial charge in [-0.05, 0) is 12.8 Å². The van der Waals surface area contributed by atoms with Crippen molar-refractivity contribution >= 4 is 5.97 Å². The molecule has 0 bridgehead atoms. The third kappa shape index (κ3) is 4.75. The average molecular weight is 169 g/mol. The van der Waals surface area contributed by atoms with Crippen molar-refractivity contribution in [3.63, 3.8) is 0 Å². The van der Waals surface area contributed by atoms with Crippen LogP contribution < -0.4 is 0 Å². The highest BCUT2D eigenvalue weighted by Gasteiger charge is 2.04. The lowest BCUT2D eigenvalue weighted by Crippen LogP contribution is -2.13. The number of ether oxygens (including phenoxy) is 2. The van der Waals surface area contributed by atoms with Crippen molar-refractivity contribution in [3.05, 3.63) is 6.42 Å². The summed E-state index contributed by atoms with van der Waals surface area (Å²) in [6.45, 7) is 2.18. The number of esters is 1. The summed E-state index contributed by atoms with van der Waals surface area (Å²) in [5, 5.41) is 0. The van der Waals surface area contributed by atoms with Crippen LogP contribution in [-0.2, 0) is 14.3 Å². The Morgan fingerprint density at radius 3 is 2.75 bits per heavy atom. The molecule has 0 aromatic carbocycles. The fourth-order valence-electron chi connectivity index (χ4n) is 0.648. The zero-order valence-corrected chi connectivity index (χ0v) is 7.42. The molecule has 0 aliphatic heterocycles. The number of hydrogen-bond acceptors (Lipinski definition) is 3. The van der Waals surface area contributed by atoms with Crippen LogP contribution in [0.2, 0.25) is 0 Å². The van der Waals surface area contributed by atoms with Crippen molar-refractivity contribution in [3.8, 4) is 5.92 Å². The van der Waals surface area contributed by atoms with Gasteiger partial charge in [0.25, 0.3) is 0 Å². The molecular weight excluding hydrogens is 156 g/mol. The molecule has 0 aliphatic carbocycles. The second-order valence-electron chi connectivity index (χ2n) is 2.24. The molecule has 0 rings (SSSR count). The molecule has 0 spiro atoms. The van der Waals surface area contributed by atoms with Crippen LogP contribution in [0.1, 0.15) is 19.8 Å². The molecule has 0 saturated heterocycles. The fourth-order valence-corrected chi connectivity index (χ4v) is 0.648. The molecular formula is C9H13O3. The van der Waals surface area contributed by atoms with Gasteiger partial charge in [0.1, 0.15) is 6.10 Å². The van der Waals surface area contributed by atoms with E-state index in [1.54, 1.807) is 0 Å². The first-order valence-electron chi connectivity index (χ1n) is 3.85. The molecule has 12 heavy (non-hydrogen) atoms. The van der Waals surface area contributed by atoms with Gasteiger partial charge in [-0.25, -0.2) is 0 Å². The van der Waals surface area contributed by atoms with Crippen LogP contribution in [0.25, 0.3) is 0 Å². The Labute approximate surface area is 73.0 Å². The van der Waals surface area contributed by atoms with E-state index in [1.807, 2.05) is 6.92 Å². The highest BCUT2D eigenvalue weighted by atomic mass is 16.5. The van der Waals surface area contributed by atoms with Gasteiger partial charge in [-0.2, -0.15) is 0 Å². The molecule has 0 heterocycles. The summed E-state index contributed by atoms with van der Waals surface area (Å²) >= 11 is 0. The van der Waals surface area contributed by atoms with E-state index < -0.39 is 0 Å². The third-order valence-corrected chi connectivity index (χ3v) is 1.38. The first-order valence-corrected chi connectivity index (χ1v) is 3.85. The molecule has 0 N–H and O–H groups in total. The van der Waals surface area contributed by atoms with Gasteiger partial charge in [-0.1, -0.05) is 12.8 Å². The summed E-state index contributed by atoms with van der Waals surface area (Å²) in [6, 6.07) is 0. The summed E-state index contributed by atoms with van der Waals surface area (Å²) in [5.74, 6) is 1.92. The van der Waals surface area contributed by atoms with Crippen LogP contribution in [0.3, 0.4) is 0 Å². The van der Waals surface area contributed by atoms with Gasteiger partial charge in [0.2, 0.25) is 0 Å². The van der Waals surface area contributed by atoms with Gasteiger partial charge in [0.15, 0.2) is 0 Å². The van der Waals surface area contributed by atoms with Crippen LogP contribution >= 0.6 is 0 Å². The summed E-state index contributed by atoms with van der Waals surface area (Å²) in [6.07, 6.45) is 7.43. The molecule has 0 amide bonds. The predicted molar refractivity (Wildman–Crippen MR) is 43.8 cm³/mol. The predicted octanol–water partition coefficient (Wildman–Crippen LogP) is 0.934. The number of methoxy groups -OCH3 is 1. The summed E-state index contributed by atoms with van der Waals surface area (Å²) in [4.78, 5) is 10.6. The summed E-state index contributed by atoms with van der Waals surface area (Å²) < 4.78 is 9.53. The molecule has 0 aromatic heterocycles. The van der Waals surface area contributed by atoms with Crippen LogP contribution in [0.4, 0.5) is 0 Å². The van der Waals surface area contributed by atoms with Gasteiger partial charge in [0.05, 0.1) is 20.1 Å². The molecule has 0 saturated carbocycles. The Kier molecular flexibility index (Phi) is 6.12. The van der Waals surface area contributed by atoms with Crippen LogP contribution in [0, 0.1) is 12.3 Å². The summed E-state index contributed by atoms with van der Waals surface area (Å²) in [7, 11) is 1.34. The second-order valence-corrected chi connectivity index (χ2v) is 2.24. The average Bonchev–Trinajstić information content (AvgIpc) is 2.12. The number of rotatable bonds is 5. The maximum atomic E-state index is 10.6. The monoisotopic (exact) mass is 169 g/mol. The van der Waals surface area contributed by atoms with Gasteiger partial charge < -0.3 is 9.47 Å². The lowest BCUT2D eigenvalue weighted by molar-refractivity contribution is -0.142. The van der Waals surface area contributed by atoms with Crippen LogP contribution in [0.15, 0.2) is 0 Å². The minimum absolute atomic E-state index is 0.231. The molecule has 1 atom stereocenters. The van der Waals surface area contributed by atoms with E-state index in [0.717, 1.165) is 0 Å².